The molecule has 2 aliphatic heterocycles. The first-order valence-electron chi connectivity index (χ1n) is 10.8. The van der Waals surface area contributed by atoms with Gasteiger partial charge in [-0.1, -0.05) is 24.3 Å². The zero-order valence-corrected chi connectivity index (χ0v) is 18.4. The van der Waals surface area contributed by atoms with Crippen LogP contribution < -0.4 is 10.2 Å². The van der Waals surface area contributed by atoms with Gasteiger partial charge in [0.2, 0.25) is 5.91 Å². The number of benzene rings is 2. The molecule has 0 saturated carbocycles. The van der Waals surface area contributed by atoms with Crippen molar-refractivity contribution in [3.05, 3.63) is 65.2 Å². The number of nitrogens with one attached hydrogen (secondary N) is 1. The Morgan fingerprint density at radius 1 is 1.00 bits per heavy atom. The highest BCUT2D eigenvalue weighted by Gasteiger charge is 2.36. The number of anilines is 1. The molecule has 32 heavy (non-hydrogen) atoms. The molecule has 0 aliphatic carbocycles. The SMILES string of the molecule is CN(C)c1ccc(C(CNC(=O)CN2C(=O)c3ccccc3C2=O)N2CCOCC2)cc1. The van der Waals surface area contributed by atoms with E-state index in [0.717, 1.165) is 29.2 Å². The smallest absolute Gasteiger partial charge is 0.262 e. The third-order valence-electron chi connectivity index (χ3n) is 5.95. The highest BCUT2D eigenvalue weighted by Crippen LogP contribution is 2.24. The third-order valence-corrected chi connectivity index (χ3v) is 5.95. The molecule has 0 spiro atoms. The van der Waals surface area contributed by atoms with Crippen molar-refractivity contribution in [3.63, 3.8) is 0 Å². The Morgan fingerprint density at radius 3 is 2.16 bits per heavy atom. The van der Waals surface area contributed by atoms with E-state index in [4.69, 9.17) is 4.74 Å². The zero-order valence-electron chi connectivity index (χ0n) is 18.4. The van der Waals surface area contributed by atoms with E-state index in [0.29, 0.717) is 30.9 Å². The monoisotopic (exact) mass is 436 g/mol. The highest BCUT2D eigenvalue weighted by molar-refractivity contribution is 6.22. The Bertz CT molecular complexity index is 964. The standard InChI is InChI=1S/C24H28N4O4/c1-26(2)18-9-7-17(8-10-18)21(27-11-13-32-14-12-27)15-25-22(29)16-28-23(30)19-5-3-4-6-20(19)24(28)31/h3-10,21H,11-16H2,1-2H3,(H,25,29). The lowest BCUT2D eigenvalue weighted by atomic mass is 10.0. The van der Waals surface area contributed by atoms with E-state index in [1.165, 1.54) is 0 Å². The number of hydrogen-bond acceptors (Lipinski definition) is 6. The zero-order chi connectivity index (χ0) is 22.7. The number of ether oxygens (including phenoxy) is 1. The fourth-order valence-corrected chi connectivity index (χ4v) is 4.13. The predicted octanol–water partition coefficient (Wildman–Crippen LogP) is 1.54. The first-order valence-corrected chi connectivity index (χ1v) is 10.8. The predicted molar refractivity (Wildman–Crippen MR) is 121 cm³/mol. The van der Waals surface area contributed by atoms with Crippen LogP contribution in [-0.4, -0.2) is 81.0 Å². The van der Waals surface area contributed by atoms with Gasteiger partial charge >= 0.3 is 0 Å². The second-order valence-electron chi connectivity index (χ2n) is 8.20. The van der Waals surface area contributed by atoms with Crippen molar-refractivity contribution in [2.75, 3.05) is 58.4 Å². The van der Waals surface area contributed by atoms with Gasteiger partial charge in [0, 0.05) is 39.4 Å². The molecule has 0 aromatic heterocycles. The summed E-state index contributed by atoms with van der Waals surface area (Å²) >= 11 is 0. The van der Waals surface area contributed by atoms with E-state index in [2.05, 4.69) is 34.5 Å². The minimum absolute atomic E-state index is 0.0266. The van der Waals surface area contributed by atoms with Crippen LogP contribution in [0.1, 0.15) is 32.3 Å². The molecule has 2 aliphatic rings. The van der Waals surface area contributed by atoms with Crippen molar-refractivity contribution in [1.29, 1.82) is 0 Å². The van der Waals surface area contributed by atoms with Gasteiger partial charge in [-0.25, -0.2) is 0 Å². The average Bonchev–Trinajstić information content (AvgIpc) is 3.05. The maximum atomic E-state index is 12.7. The van der Waals surface area contributed by atoms with Crippen molar-refractivity contribution in [2.24, 2.45) is 0 Å². The van der Waals surface area contributed by atoms with Crippen LogP contribution >= 0.6 is 0 Å². The maximum absolute atomic E-state index is 12.7. The lowest BCUT2D eigenvalue weighted by molar-refractivity contribution is -0.121. The number of fused-ring (bicyclic) bond motifs is 1. The number of carbonyl (C=O) groups is 3. The Kier molecular flexibility index (Phi) is 6.53. The van der Waals surface area contributed by atoms with Crippen LogP contribution in [0.3, 0.4) is 0 Å². The van der Waals surface area contributed by atoms with E-state index in [9.17, 15) is 14.4 Å². The van der Waals surface area contributed by atoms with Crippen LogP contribution in [0.5, 0.6) is 0 Å². The molecule has 168 valence electrons. The number of hydrogen-bond donors (Lipinski definition) is 1. The normalized spacial score (nSPS) is 17.2. The molecule has 8 heteroatoms. The molecule has 0 radical (unpaired) electrons. The van der Waals surface area contributed by atoms with Crippen LogP contribution in [0, 0.1) is 0 Å². The number of amides is 3. The molecular weight excluding hydrogens is 408 g/mol. The Morgan fingerprint density at radius 2 is 1.59 bits per heavy atom. The summed E-state index contributed by atoms with van der Waals surface area (Å²) in [4.78, 5) is 43.1. The summed E-state index contributed by atoms with van der Waals surface area (Å²) in [6, 6.07) is 14.9. The van der Waals surface area contributed by atoms with Gasteiger partial charge in [0.05, 0.1) is 30.4 Å². The minimum atomic E-state index is -0.426. The van der Waals surface area contributed by atoms with E-state index in [1.54, 1.807) is 24.3 Å². The summed E-state index contributed by atoms with van der Waals surface area (Å²) in [5.74, 6) is -1.21. The van der Waals surface area contributed by atoms with Crippen LogP contribution in [0.25, 0.3) is 0 Å². The van der Waals surface area contributed by atoms with Gasteiger partial charge in [0.25, 0.3) is 11.8 Å². The molecule has 8 nitrogen and oxygen atoms in total. The van der Waals surface area contributed by atoms with Gasteiger partial charge in [-0.3, -0.25) is 24.2 Å². The summed E-state index contributed by atoms with van der Waals surface area (Å²) < 4.78 is 5.49. The molecule has 3 amide bonds. The Labute approximate surface area is 187 Å². The van der Waals surface area contributed by atoms with Gasteiger partial charge in [0.1, 0.15) is 6.54 Å². The van der Waals surface area contributed by atoms with Crippen molar-refractivity contribution in [3.8, 4) is 0 Å². The van der Waals surface area contributed by atoms with Crippen molar-refractivity contribution >= 4 is 23.4 Å². The molecule has 4 rings (SSSR count). The first-order chi connectivity index (χ1) is 15.5. The van der Waals surface area contributed by atoms with Crippen LogP contribution in [0.2, 0.25) is 0 Å². The molecule has 2 aromatic carbocycles. The Balaban J connectivity index is 1.43. The number of nitrogens with zero attached hydrogens (tertiary/aromatic N) is 3. The molecule has 1 unspecified atom stereocenters. The molecule has 2 aromatic rings. The summed E-state index contributed by atoms with van der Waals surface area (Å²) in [5, 5.41) is 2.93. The van der Waals surface area contributed by atoms with Crippen molar-refractivity contribution in [2.45, 2.75) is 6.04 Å². The number of imide groups is 1. The lowest BCUT2D eigenvalue weighted by Gasteiger charge is -2.35. The largest absolute Gasteiger partial charge is 0.379 e. The summed E-state index contributed by atoms with van der Waals surface area (Å²) in [7, 11) is 3.99. The van der Waals surface area contributed by atoms with Crippen LogP contribution in [0.4, 0.5) is 5.69 Å². The number of morpholine rings is 1. The topological polar surface area (TPSA) is 82.2 Å². The van der Waals surface area contributed by atoms with Crippen molar-refractivity contribution < 1.29 is 19.1 Å². The lowest BCUT2D eigenvalue weighted by Crippen LogP contribution is -2.46. The van der Waals surface area contributed by atoms with Crippen LogP contribution in [-0.2, 0) is 9.53 Å². The quantitative estimate of drug-likeness (QED) is 0.663. The molecule has 1 saturated heterocycles. The highest BCUT2D eigenvalue weighted by atomic mass is 16.5. The number of rotatable bonds is 7. The van der Waals surface area contributed by atoms with E-state index in [-0.39, 0.29) is 18.5 Å². The minimum Gasteiger partial charge on any atom is -0.379 e. The van der Waals surface area contributed by atoms with E-state index >= 15 is 0 Å². The molecule has 1 fully saturated rings. The molecule has 1 atom stereocenters. The first kappa shape index (κ1) is 22.0. The molecular formula is C24H28N4O4. The van der Waals surface area contributed by atoms with Gasteiger partial charge in [-0.15, -0.1) is 0 Å². The van der Waals surface area contributed by atoms with Crippen LogP contribution in [0.15, 0.2) is 48.5 Å². The van der Waals surface area contributed by atoms with Gasteiger partial charge in [-0.05, 0) is 29.8 Å². The number of carbonyl (C=O) groups excluding carboxylic acids is 3. The summed E-state index contributed by atoms with van der Waals surface area (Å²) in [6.45, 7) is 2.93. The van der Waals surface area contributed by atoms with Crippen molar-refractivity contribution in [1.82, 2.24) is 15.1 Å². The fraction of sp³-hybridized carbons (Fsp3) is 0.375. The summed E-state index contributed by atoms with van der Waals surface area (Å²) in [6.07, 6.45) is 0. The molecule has 1 N–H and O–H groups in total. The van der Waals surface area contributed by atoms with E-state index < -0.39 is 11.8 Å². The van der Waals surface area contributed by atoms with E-state index in [1.807, 2.05) is 19.0 Å². The van der Waals surface area contributed by atoms with Gasteiger partial charge < -0.3 is 15.0 Å². The molecule has 2 heterocycles. The third kappa shape index (κ3) is 4.51. The second kappa shape index (κ2) is 9.50. The fourth-order valence-electron chi connectivity index (χ4n) is 4.13. The molecule has 0 bridgehead atoms. The van der Waals surface area contributed by atoms with Gasteiger partial charge in [0.15, 0.2) is 0 Å². The second-order valence-corrected chi connectivity index (χ2v) is 8.20. The maximum Gasteiger partial charge on any atom is 0.262 e. The Hall–Kier alpha value is -3.23. The summed E-state index contributed by atoms with van der Waals surface area (Å²) in [5.41, 5.74) is 2.89. The average molecular weight is 437 g/mol. The van der Waals surface area contributed by atoms with Gasteiger partial charge in [-0.2, -0.15) is 0 Å².